The van der Waals surface area contributed by atoms with Gasteiger partial charge in [0.2, 0.25) is 0 Å². The standard InChI is InChI=1S/C14H17BrO4S/c1-8(2)13(14(16)17)20(18)7-10-6-11(15)5-9-3-4-19-12(9)10/h5-6,8,13H,3-4,7H2,1-2H3,(H,16,17). The Morgan fingerprint density at radius 1 is 1.50 bits per heavy atom. The van der Waals surface area contributed by atoms with Crippen LogP contribution in [0.25, 0.3) is 0 Å². The van der Waals surface area contributed by atoms with E-state index in [2.05, 4.69) is 15.9 Å². The molecular formula is C14H17BrO4S. The number of halogens is 1. The van der Waals surface area contributed by atoms with E-state index in [0.29, 0.717) is 6.61 Å². The van der Waals surface area contributed by atoms with Crippen molar-refractivity contribution < 1.29 is 18.8 Å². The fraction of sp³-hybridized carbons (Fsp3) is 0.500. The lowest BCUT2D eigenvalue weighted by Crippen LogP contribution is -2.31. The number of benzene rings is 1. The number of aliphatic carboxylic acids is 1. The largest absolute Gasteiger partial charge is 0.493 e. The van der Waals surface area contributed by atoms with Crippen LogP contribution in [0.4, 0.5) is 0 Å². The fourth-order valence-corrected chi connectivity index (χ4v) is 4.48. The van der Waals surface area contributed by atoms with Crippen molar-refractivity contribution in [1.82, 2.24) is 0 Å². The first-order chi connectivity index (χ1) is 9.40. The fourth-order valence-electron chi connectivity index (χ4n) is 2.40. The molecule has 1 aliphatic rings. The molecule has 2 atom stereocenters. The molecule has 0 bridgehead atoms. The molecule has 110 valence electrons. The van der Waals surface area contributed by atoms with E-state index in [4.69, 9.17) is 4.74 Å². The Bertz CT molecular complexity index is 556. The summed E-state index contributed by atoms with van der Waals surface area (Å²) < 4.78 is 18.9. The zero-order valence-electron chi connectivity index (χ0n) is 11.4. The summed E-state index contributed by atoms with van der Waals surface area (Å²) in [6.07, 6.45) is 0.834. The van der Waals surface area contributed by atoms with E-state index in [0.717, 1.165) is 27.8 Å². The lowest BCUT2D eigenvalue weighted by atomic mass is 10.1. The Kier molecular flexibility index (Phi) is 4.86. The summed E-state index contributed by atoms with van der Waals surface area (Å²) in [5.74, 6) is -0.202. The van der Waals surface area contributed by atoms with Gasteiger partial charge in [0.05, 0.1) is 12.4 Å². The predicted molar refractivity (Wildman–Crippen MR) is 81.4 cm³/mol. The third-order valence-corrected chi connectivity index (χ3v) is 5.62. The van der Waals surface area contributed by atoms with Crippen LogP contribution in [0, 0.1) is 5.92 Å². The minimum Gasteiger partial charge on any atom is -0.493 e. The van der Waals surface area contributed by atoms with Crippen molar-refractivity contribution in [1.29, 1.82) is 0 Å². The van der Waals surface area contributed by atoms with Gasteiger partial charge in [-0.3, -0.25) is 9.00 Å². The van der Waals surface area contributed by atoms with E-state index < -0.39 is 22.0 Å². The van der Waals surface area contributed by atoms with E-state index in [-0.39, 0.29) is 11.7 Å². The number of rotatable bonds is 5. The van der Waals surface area contributed by atoms with E-state index in [1.54, 1.807) is 13.8 Å². The summed E-state index contributed by atoms with van der Waals surface area (Å²) in [5.41, 5.74) is 1.90. The third-order valence-electron chi connectivity index (χ3n) is 3.26. The lowest BCUT2D eigenvalue weighted by Gasteiger charge is -2.17. The maximum Gasteiger partial charge on any atom is 0.319 e. The van der Waals surface area contributed by atoms with Gasteiger partial charge in [-0.25, -0.2) is 0 Å². The highest BCUT2D eigenvalue weighted by atomic mass is 79.9. The second kappa shape index (κ2) is 6.26. The molecule has 1 aliphatic heterocycles. The molecular weight excluding hydrogens is 344 g/mol. The second-order valence-electron chi connectivity index (χ2n) is 5.18. The minimum atomic E-state index is -1.47. The van der Waals surface area contributed by atoms with Crippen molar-refractivity contribution in [3.8, 4) is 5.75 Å². The summed E-state index contributed by atoms with van der Waals surface area (Å²) in [5, 5.41) is 8.35. The first kappa shape index (κ1) is 15.5. The van der Waals surface area contributed by atoms with Gasteiger partial charge in [0.1, 0.15) is 11.0 Å². The molecule has 0 saturated heterocycles. The molecule has 0 fully saturated rings. The molecule has 2 unspecified atom stereocenters. The van der Waals surface area contributed by atoms with Gasteiger partial charge in [-0.05, 0) is 23.6 Å². The number of ether oxygens (including phenoxy) is 1. The van der Waals surface area contributed by atoms with Gasteiger partial charge >= 0.3 is 5.97 Å². The lowest BCUT2D eigenvalue weighted by molar-refractivity contribution is -0.137. The normalized spacial score (nSPS) is 16.6. The van der Waals surface area contributed by atoms with Crippen molar-refractivity contribution in [2.75, 3.05) is 6.61 Å². The zero-order chi connectivity index (χ0) is 14.9. The molecule has 0 spiro atoms. The van der Waals surface area contributed by atoms with E-state index in [1.165, 1.54) is 0 Å². The van der Waals surface area contributed by atoms with Crippen LogP contribution < -0.4 is 4.74 Å². The molecule has 0 radical (unpaired) electrons. The highest BCUT2D eigenvalue weighted by Gasteiger charge is 2.29. The number of hydrogen-bond acceptors (Lipinski definition) is 3. The van der Waals surface area contributed by atoms with Crippen molar-refractivity contribution in [2.24, 2.45) is 5.92 Å². The summed E-state index contributed by atoms with van der Waals surface area (Å²) >= 11 is 3.43. The molecule has 1 N–H and O–H groups in total. The predicted octanol–water partition coefficient (Wildman–Crippen LogP) is 2.74. The Morgan fingerprint density at radius 3 is 2.80 bits per heavy atom. The van der Waals surface area contributed by atoms with Crippen molar-refractivity contribution >= 4 is 32.7 Å². The summed E-state index contributed by atoms with van der Waals surface area (Å²) in [4.78, 5) is 11.2. The molecule has 20 heavy (non-hydrogen) atoms. The number of carbonyl (C=O) groups is 1. The van der Waals surface area contributed by atoms with Crippen LogP contribution in [0.1, 0.15) is 25.0 Å². The molecule has 0 saturated carbocycles. The average Bonchev–Trinajstić information content (AvgIpc) is 2.75. The van der Waals surface area contributed by atoms with Gasteiger partial charge in [0.15, 0.2) is 0 Å². The average molecular weight is 361 g/mol. The molecule has 1 heterocycles. The quantitative estimate of drug-likeness (QED) is 0.876. The third kappa shape index (κ3) is 3.23. The minimum absolute atomic E-state index is 0.172. The first-order valence-corrected chi connectivity index (χ1v) is 8.61. The van der Waals surface area contributed by atoms with Crippen LogP contribution in [0.3, 0.4) is 0 Å². The summed E-state index contributed by atoms with van der Waals surface area (Å²) in [6.45, 7) is 4.18. The van der Waals surface area contributed by atoms with E-state index in [1.807, 2.05) is 12.1 Å². The first-order valence-electron chi connectivity index (χ1n) is 6.44. The molecule has 0 amide bonds. The molecule has 1 aromatic carbocycles. The Balaban J connectivity index is 2.26. The molecule has 0 aromatic heterocycles. The number of fused-ring (bicyclic) bond motifs is 1. The van der Waals surface area contributed by atoms with Crippen LogP contribution in [0.15, 0.2) is 16.6 Å². The van der Waals surface area contributed by atoms with Gasteiger partial charge in [0, 0.05) is 27.3 Å². The van der Waals surface area contributed by atoms with E-state index >= 15 is 0 Å². The van der Waals surface area contributed by atoms with Gasteiger partial charge in [-0.2, -0.15) is 0 Å². The second-order valence-corrected chi connectivity index (χ2v) is 7.65. The highest BCUT2D eigenvalue weighted by Crippen LogP contribution is 2.34. The highest BCUT2D eigenvalue weighted by molar-refractivity contribution is 9.10. The van der Waals surface area contributed by atoms with Gasteiger partial charge in [0.25, 0.3) is 0 Å². The van der Waals surface area contributed by atoms with E-state index in [9.17, 15) is 14.1 Å². The zero-order valence-corrected chi connectivity index (χ0v) is 13.8. The Morgan fingerprint density at radius 2 is 2.20 bits per heavy atom. The maximum atomic E-state index is 12.4. The van der Waals surface area contributed by atoms with Crippen LogP contribution in [-0.4, -0.2) is 27.1 Å². The van der Waals surface area contributed by atoms with Crippen LogP contribution >= 0.6 is 15.9 Å². The Labute approximate surface area is 129 Å². The summed E-state index contributed by atoms with van der Waals surface area (Å²) in [7, 11) is -1.47. The molecule has 2 rings (SSSR count). The maximum absolute atomic E-state index is 12.4. The molecule has 0 aliphatic carbocycles. The van der Waals surface area contributed by atoms with Gasteiger partial charge < -0.3 is 9.84 Å². The van der Waals surface area contributed by atoms with Crippen molar-refractivity contribution in [3.05, 3.63) is 27.7 Å². The SMILES string of the molecule is CC(C)C(C(=O)O)S(=O)Cc1cc(Br)cc2c1OCC2. The molecule has 1 aromatic rings. The molecule has 4 nitrogen and oxygen atoms in total. The molecule has 6 heteroatoms. The van der Waals surface area contributed by atoms with Crippen molar-refractivity contribution in [2.45, 2.75) is 31.3 Å². The summed E-state index contributed by atoms with van der Waals surface area (Å²) in [6, 6.07) is 3.85. The number of carboxylic acid groups (broad SMARTS) is 1. The number of carboxylic acids is 1. The smallest absolute Gasteiger partial charge is 0.319 e. The number of hydrogen-bond donors (Lipinski definition) is 1. The van der Waals surface area contributed by atoms with Crippen LogP contribution in [0.2, 0.25) is 0 Å². The monoisotopic (exact) mass is 360 g/mol. The van der Waals surface area contributed by atoms with Crippen LogP contribution in [-0.2, 0) is 27.8 Å². The topological polar surface area (TPSA) is 63.6 Å². The van der Waals surface area contributed by atoms with Gasteiger partial charge in [-0.15, -0.1) is 0 Å². The van der Waals surface area contributed by atoms with Gasteiger partial charge in [-0.1, -0.05) is 29.8 Å². The van der Waals surface area contributed by atoms with Crippen molar-refractivity contribution in [3.63, 3.8) is 0 Å². The van der Waals surface area contributed by atoms with Crippen LogP contribution in [0.5, 0.6) is 5.75 Å². The Hall–Kier alpha value is -0.880.